The SMILES string of the molecule is C=C(C)C(=O)OCCCCCCC[Se]c1cc(=O)oc2cc(OC)ccc12. The molecule has 2 rings (SSSR count). The van der Waals surface area contributed by atoms with Gasteiger partial charge in [-0.15, -0.1) is 0 Å². The number of rotatable bonds is 11. The molecular formula is C21H26O5Se. The van der Waals surface area contributed by atoms with Gasteiger partial charge in [-0.3, -0.25) is 0 Å². The Labute approximate surface area is 165 Å². The molecular weight excluding hydrogens is 411 g/mol. The maximum atomic E-state index is 11.8. The maximum absolute atomic E-state index is 11.8. The molecule has 0 N–H and O–H groups in total. The number of ether oxygens (including phenoxy) is 2. The first kappa shape index (κ1) is 21.3. The van der Waals surface area contributed by atoms with Gasteiger partial charge in [-0.1, -0.05) is 0 Å². The number of hydrogen-bond donors (Lipinski definition) is 0. The summed E-state index contributed by atoms with van der Waals surface area (Å²) in [5, 5.41) is 2.08. The van der Waals surface area contributed by atoms with Gasteiger partial charge in [-0.25, -0.2) is 0 Å². The Morgan fingerprint density at radius 2 is 1.89 bits per heavy atom. The average molecular weight is 437 g/mol. The summed E-state index contributed by atoms with van der Waals surface area (Å²) in [6.45, 7) is 5.67. The van der Waals surface area contributed by atoms with Crippen molar-refractivity contribution < 1.29 is 18.7 Å². The van der Waals surface area contributed by atoms with Crippen molar-refractivity contribution in [3.8, 4) is 5.75 Å². The molecule has 146 valence electrons. The third-order valence-corrected chi connectivity index (χ3v) is 6.44. The number of hydrogen-bond acceptors (Lipinski definition) is 5. The molecule has 0 atom stereocenters. The second-order valence-electron chi connectivity index (χ2n) is 6.32. The van der Waals surface area contributed by atoms with Crippen LogP contribution in [0.25, 0.3) is 11.0 Å². The number of methoxy groups -OCH3 is 1. The first-order valence-corrected chi connectivity index (χ1v) is 11.2. The summed E-state index contributed by atoms with van der Waals surface area (Å²) < 4.78 is 16.6. The molecule has 2 aromatic rings. The first-order valence-electron chi connectivity index (χ1n) is 9.08. The Kier molecular flexibility index (Phi) is 8.62. The van der Waals surface area contributed by atoms with Crippen molar-refractivity contribution in [3.63, 3.8) is 0 Å². The van der Waals surface area contributed by atoms with E-state index in [-0.39, 0.29) is 26.6 Å². The zero-order chi connectivity index (χ0) is 19.6. The second-order valence-corrected chi connectivity index (χ2v) is 8.71. The van der Waals surface area contributed by atoms with E-state index >= 15 is 0 Å². The topological polar surface area (TPSA) is 65.7 Å². The van der Waals surface area contributed by atoms with Gasteiger partial charge < -0.3 is 0 Å². The molecule has 0 aliphatic heterocycles. The molecule has 1 heterocycles. The fourth-order valence-electron chi connectivity index (χ4n) is 2.56. The number of carbonyl (C=O) groups excluding carboxylic acids is 1. The van der Waals surface area contributed by atoms with Crippen molar-refractivity contribution in [2.75, 3.05) is 13.7 Å². The van der Waals surface area contributed by atoms with Gasteiger partial charge in [0.2, 0.25) is 0 Å². The van der Waals surface area contributed by atoms with E-state index in [1.807, 2.05) is 12.1 Å². The fourth-order valence-corrected chi connectivity index (χ4v) is 4.81. The van der Waals surface area contributed by atoms with Crippen molar-refractivity contribution >= 4 is 36.4 Å². The van der Waals surface area contributed by atoms with E-state index < -0.39 is 0 Å². The average Bonchev–Trinajstić information content (AvgIpc) is 2.65. The third-order valence-electron chi connectivity index (χ3n) is 4.04. The fraction of sp³-hybridized carbons (Fsp3) is 0.429. The zero-order valence-corrected chi connectivity index (χ0v) is 17.6. The Bertz CT molecular complexity index is 840. The first-order chi connectivity index (χ1) is 13.0. The van der Waals surface area contributed by atoms with Crippen LogP contribution in [-0.2, 0) is 9.53 Å². The number of unbranched alkanes of at least 4 members (excludes halogenated alkanes) is 4. The van der Waals surface area contributed by atoms with Gasteiger partial charge in [0.25, 0.3) is 0 Å². The molecule has 1 aromatic heterocycles. The summed E-state index contributed by atoms with van der Waals surface area (Å²) in [5.41, 5.74) is 0.720. The quantitative estimate of drug-likeness (QED) is 0.177. The predicted molar refractivity (Wildman–Crippen MR) is 108 cm³/mol. The van der Waals surface area contributed by atoms with Crippen LogP contribution in [0.3, 0.4) is 0 Å². The van der Waals surface area contributed by atoms with Crippen LogP contribution in [0.2, 0.25) is 5.32 Å². The van der Waals surface area contributed by atoms with Crippen molar-refractivity contribution in [2.45, 2.75) is 44.3 Å². The van der Waals surface area contributed by atoms with Gasteiger partial charge >= 0.3 is 166 Å². The predicted octanol–water partition coefficient (Wildman–Crippen LogP) is 3.62. The minimum atomic E-state index is -0.310. The van der Waals surface area contributed by atoms with Gasteiger partial charge in [0.05, 0.1) is 0 Å². The number of benzene rings is 1. The van der Waals surface area contributed by atoms with E-state index in [1.165, 1.54) is 0 Å². The summed E-state index contributed by atoms with van der Waals surface area (Å²) in [5.74, 6) is 0.374. The van der Waals surface area contributed by atoms with Gasteiger partial charge in [-0.05, 0) is 0 Å². The number of carbonyl (C=O) groups is 1. The molecule has 0 aliphatic rings. The van der Waals surface area contributed by atoms with Gasteiger partial charge in [0.1, 0.15) is 0 Å². The normalized spacial score (nSPS) is 10.7. The Morgan fingerprint density at radius 3 is 2.63 bits per heavy atom. The molecule has 0 bridgehead atoms. The van der Waals surface area contributed by atoms with E-state index in [4.69, 9.17) is 13.9 Å². The number of fused-ring (bicyclic) bond motifs is 1. The molecule has 0 radical (unpaired) electrons. The summed E-state index contributed by atoms with van der Waals surface area (Å²) in [6.07, 6.45) is 5.33. The van der Waals surface area contributed by atoms with Crippen molar-refractivity contribution in [1.29, 1.82) is 0 Å². The van der Waals surface area contributed by atoms with Gasteiger partial charge in [-0.2, -0.15) is 0 Å². The Morgan fingerprint density at radius 1 is 1.15 bits per heavy atom. The molecule has 0 saturated carbocycles. The van der Waals surface area contributed by atoms with Crippen molar-refractivity contribution in [2.24, 2.45) is 0 Å². The van der Waals surface area contributed by atoms with Crippen LogP contribution in [0, 0.1) is 0 Å². The molecule has 0 fully saturated rings. The van der Waals surface area contributed by atoms with Gasteiger partial charge in [0.15, 0.2) is 0 Å². The van der Waals surface area contributed by atoms with Crippen LogP contribution in [0.15, 0.2) is 45.6 Å². The molecule has 6 heteroatoms. The molecule has 0 aliphatic carbocycles. The summed E-state index contributed by atoms with van der Waals surface area (Å²) in [4.78, 5) is 23.0. The van der Waals surface area contributed by atoms with Crippen LogP contribution >= 0.6 is 0 Å². The van der Waals surface area contributed by atoms with Crippen LogP contribution in [-0.4, -0.2) is 34.6 Å². The molecule has 27 heavy (non-hydrogen) atoms. The molecule has 0 saturated heterocycles. The molecule has 5 nitrogen and oxygen atoms in total. The molecule has 0 unspecified atom stereocenters. The summed E-state index contributed by atoms with van der Waals surface area (Å²) in [7, 11) is 1.59. The monoisotopic (exact) mass is 438 g/mol. The molecule has 1 aromatic carbocycles. The van der Waals surface area contributed by atoms with Crippen LogP contribution in [0.1, 0.15) is 39.0 Å². The van der Waals surface area contributed by atoms with Crippen molar-refractivity contribution in [1.82, 2.24) is 0 Å². The Balaban J connectivity index is 1.71. The molecule has 0 spiro atoms. The minimum absolute atomic E-state index is 0.236. The standard InChI is InChI=1S/C21H26O5Se/c1-15(2)21(23)25-11-7-5-4-6-8-12-27-19-14-20(22)26-18-13-16(24-3)9-10-17(18)19/h9-10,13-14H,1,4-8,11-12H2,2-3H3. The summed E-state index contributed by atoms with van der Waals surface area (Å²) >= 11 is 0.236. The summed E-state index contributed by atoms with van der Waals surface area (Å²) in [6, 6.07) is 7.23. The van der Waals surface area contributed by atoms with E-state index in [0.29, 0.717) is 23.5 Å². The second kappa shape index (κ2) is 11.0. The third kappa shape index (κ3) is 6.89. The van der Waals surface area contributed by atoms with Crippen LogP contribution < -0.4 is 14.8 Å². The van der Waals surface area contributed by atoms with Crippen LogP contribution in [0.4, 0.5) is 0 Å². The van der Waals surface area contributed by atoms with E-state index in [2.05, 4.69) is 6.58 Å². The Hall–Kier alpha value is -2.04. The van der Waals surface area contributed by atoms with E-state index in [0.717, 1.165) is 47.3 Å². The van der Waals surface area contributed by atoms with Crippen LogP contribution in [0.5, 0.6) is 5.75 Å². The zero-order valence-electron chi connectivity index (χ0n) is 15.9. The van der Waals surface area contributed by atoms with E-state index in [1.54, 1.807) is 26.2 Å². The number of esters is 1. The van der Waals surface area contributed by atoms with E-state index in [9.17, 15) is 9.59 Å². The van der Waals surface area contributed by atoms with Crippen molar-refractivity contribution in [3.05, 3.63) is 46.8 Å². The molecule has 0 amide bonds. The van der Waals surface area contributed by atoms with Gasteiger partial charge in [0, 0.05) is 0 Å².